The fourth-order valence-corrected chi connectivity index (χ4v) is 2.66. The van der Waals surface area contributed by atoms with Gasteiger partial charge in [0.25, 0.3) is 0 Å². The minimum Gasteiger partial charge on any atom is -0.370 e. The molecule has 0 bridgehead atoms. The van der Waals surface area contributed by atoms with Gasteiger partial charge >= 0.3 is 6.18 Å². The lowest BCUT2D eigenvalue weighted by Crippen LogP contribution is -2.61. The molecule has 0 amide bonds. The molecule has 1 aromatic heterocycles. The van der Waals surface area contributed by atoms with Gasteiger partial charge in [-0.1, -0.05) is 26.8 Å². The normalized spacial score (nSPS) is 24.4. The van der Waals surface area contributed by atoms with E-state index in [0.717, 1.165) is 12.5 Å². The van der Waals surface area contributed by atoms with Crippen molar-refractivity contribution in [2.75, 3.05) is 0 Å². The molecule has 2 heterocycles. The van der Waals surface area contributed by atoms with Crippen LogP contribution in [0, 0.1) is 5.92 Å². The molecule has 1 aliphatic heterocycles. The molecule has 0 aliphatic carbocycles. The third kappa shape index (κ3) is 4.08. The summed E-state index contributed by atoms with van der Waals surface area (Å²) in [6.07, 6.45) is -3.08. The van der Waals surface area contributed by atoms with Crippen molar-refractivity contribution in [1.29, 1.82) is 0 Å². The topological polar surface area (TPSA) is 87.7 Å². The summed E-state index contributed by atoms with van der Waals surface area (Å²) in [7, 11) is 0. The number of rotatable bonds is 5. The van der Waals surface area contributed by atoms with Gasteiger partial charge in [-0.2, -0.15) is 13.2 Å². The van der Waals surface area contributed by atoms with E-state index in [2.05, 4.69) is 25.6 Å². The molecule has 0 aromatic carbocycles. The second-order valence-electron chi connectivity index (χ2n) is 6.46. The molecule has 3 unspecified atom stereocenters. The quantitative estimate of drug-likeness (QED) is 0.744. The zero-order valence-electron chi connectivity index (χ0n) is 15.4. The van der Waals surface area contributed by atoms with E-state index in [1.165, 1.54) is 12.1 Å². The van der Waals surface area contributed by atoms with Gasteiger partial charge < -0.3 is 11.1 Å². The Balaban J connectivity index is 2.59. The van der Waals surface area contributed by atoms with Crippen molar-refractivity contribution in [1.82, 2.24) is 15.6 Å². The van der Waals surface area contributed by atoms with Crippen molar-refractivity contribution in [3.63, 3.8) is 0 Å². The van der Waals surface area contributed by atoms with Gasteiger partial charge in [-0.05, 0) is 31.9 Å². The molecule has 0 saturated carbocycles. The van der Waals surface area contributed by atoms with Crippen LogP contribution >= 0.6 is 0 Å². The van der Waals surface area contributed by atoms with Crippen LogP contribution in [-0.2, 0) is 11.8 Å². The zero-order valence-corrected chi connectivity index (χ0v) is 15.4. The molecule has 0 fully saturated rings. The number of alkyl halides is 3. The Hall–Kier alpha value is -2.32. The van der Waals surface area contributed by atoms with Crippen LogP contribution in [0.1, 0.15) is 51.9 Å². The number of hydrogen-bond acceptors (Lipinski definition) is 4. The summed E-state index contributed by atoms with van der Waals surface area (Å²) >= 11 is 0. The molecule has 2 rings (SSSR count). The van der Waals surface area contributed by atoms with Crippen molar-refractivity contribution in [3.8, 4) is 0 Å². The van der Waals surface area contributed by atoms with Crippen molar-refractivity contribution in [2.24, 2.45) is 21.6 Å². The van der Waals surface area contributed by atoms with Gasteiger partial charge in [0.2, 0.25) is 5.96 Å². The van der Waals surface area contributed by atoms with Gasteiger partial charge in [-0.15, -0.1) is 0 Å². The van der Waals surface area contributed by atoms with Crippen LogP contribution < -0.4 is 16.4 Å². The smallest absolute Gasteiger partial charge is 0.370 e. The Kier molecular flexibility index (Phi) is 5.77. The maximum Gasteiger partial charge on any atom is 0.433 e. The summed E-state index contributed by atoms with van der Waals surface area (Å²) < 4.78 is 39.4. The van der Waals surface area contributed by atoms with Crippen molar-refractivity contribution in [2.45, 2.75) is 58.4 Å². The number of pyridine rings is 1. The molecule has 0 radical (unpaired) electrons. The van der Waals surface area contributed by atoms with E-state index in [1.807, 2.05) is 27.7 Å². The second-order valence-corrected chi connectivity index (χ2v) is 6.46. The lowest BCUT2D eigenvalue weighted by atomic mass is 9.88. The van der Waals surface area contributed by atoms with E-state index < -0.39 is 17.5 Å². The maximum absolute atomic E-state index is 13.1. The first kappa shape index (κ1) is 20.0. The summed E-state index contributed by atoms with van der Waals surface area (Å²) in [4.78, 5) is 12.8. The summed E-state index contributed by atoms with van der Waals surface area (Å²) in [6, 6.07) is 3.81. The highest BCUT2D eigenvalue weighted by atomic mass is 19.4. The lowest BCUT2D eigenvalue weighted by molar-refractivity contribution is -0.141. The van der Waals surface area contributed by atoms with Crippen LogP contribution in [0.15, 0.2) is 28.2 Å². The van der Waals surface area contributed by atoms with Gasteiger partial charge in [0, 0.05) is 5.92 Å². The van der Waals surface area contributed by atoms with Crippen LogP contribution in [-0.4, -0.2) is 22.9 Å². The fourth-order valence-electron chi connectivity index (χ4n) is 2.66. The Morgan fingerprint density at radius 1 is 1.23 bits per heavy atom. The Bertz CT molecular complexity index is 700. The molecule has 144 valence electrons. The van der Waals surface area contributed by atoms with Gasteiger partial charge in [0.15, 0.2) is 11.6 Å². The average Bonchev–Trinajstić information content (AvgIpc) is 2.59. The summed E-state index contributed by atoms with van der Waals surface area (Å²) in [5, 5.41) is 6.00. The predicted molar refractivity (Wildman–Crippen MR) is 95.5 cm³/mol. The number of nitrogens with two attached hydrogens (primary N) is 1. The fraction of sp³-hybridized carbons (Fsp3) is 0.588. The average molecular weight is 370 g/mol. The van der Waals surface area contributed by atoms with E-state index in [1.54, 1.807) is 0 Å². The number of hydrogen-bond donors (Lipinski definition) is 3. The first-order valence-electron chi connectivity index (χ1n) is 8.65. The van der Waals surface area contributed by atoms with E-state index in [4.69, 9.17) is 5.73 Å². The third-order valence-corrected chi connectivity index (χ3v) is 4.55. The van der Waals surface area contributed by atoms with E-state index in [9.17, 15) is 13.2 Å². The number of guanidine groups is 2. The molecule has 3 atom stereocenters. The zero-order chi connectivity index (χ0) is 19.5. The molecular weight excluding hydrogens is 345 g/mol. The molecule has 1 aromatic rings. The SMILES string of the molecule is CCC(C)N=C1NC(N)=NC(c2cccc(C(F)(F)F)n2)(C(C)CC)N1. The number of nitrogens with one attached hydrogen (secondary N) is 2. The van der Waals surface area contributed by atoms with Crippen molar-refractivity contribution < 1.29 is 13.2 Å². The first-order valence-corrected chi connectivity index (χ1v) is 8.65. The minimum absolute atomic E-state index is 0.0139. The van der Waals surface area contributed by atoms with Gasteiger partial charge in [0.05, 0.1) is 11.7 Å². The molecule has 0 saturated heterocycles. The monoisotopic (exact) mass is 370 g/mol. The second kappa shape index (κ2) is 7.51. The van der Waals surface area contributed by atoms with Crippen LogP contribution in [0.25, 0.3) is 0 Å². The number of aliphatic imine (C=N–C) groups is 2. The van der Waals surface area contributed by atoms with Crippen molar-refractivity contribution in [3.05, 3.63) is 29.6 Å². The van der Waals surface area contributed by atoms with E-state index in [0.29, 0.717) is 12.4 Å². The molecular formula is C17H25F3N6. The van der Waals surface area contributed by atoms with E-state index >= 15 is 0 Å². The Morgan fingerprint density at radius 2 is 1.92 bits per heavy atom. The molecule has 4 N–H and O–H groups in total. The minimum atomic E-state index is -4.54. The highest BCUT2D eigenvalue weighted by Crippen LogP contribution is 2.35. The van der Waals surface area contributed by atoms with E-state index in [-0.39, 0.29) is 23.6 Å². The molecule has 1 aliphatic rings. The standard InChI is InChI=1S/C17H25F3N6/c1-5-10(3)16(12-8-7-9-13(23-12)17(18,19)20)25-14(21)24-15(26-16)22-11(4)6-2/h7-11H,5-6H2,1-4H3,(H4,21,22,24,25,26). The highest BCUT2D eigenvalue weighted by Gasteiger charge is 2.44. The number of aromatic nitrogens is 1. The predicted octanol–water partition coefficient (Wildman–Crippen LogP) is 2.96. The highest BCUT2D eigenvalue weighted by molar-refractivity contribution is 6.00. The maximum atomic E-state index is 13.1. The Morgan fingerprint density at radius 3 is 2.50 bits per heavy atom. The third-order valence-electron chi connectivity index (χ3n) is 4.55. The molecule has 9 heteroatoms. The van der Waals surface area contributed by atoms with Crippen molar-refractivity contribution >= 4 is 11.9 Å². The summed E-state index contributed by atoms with van der Waals surface area (Å²) in [5.74, 6) is 0.290. The molecule has 0 spiro atoms. The van der Waals surface area contributed by atoms with Crippen LogP contribution in [0.4, 0.5) is 13.2 Å². The van der Waals surface area contributed by atoms with Gasteiger partial charge in [-0.3, -0.25) is 5.32 Å². The largest absolute Gasteiger partial charge is 0.433 e. The van der Waals surface area contributed by atoms with Gasteiger partial charge in [0.1, 0.15) is 5.69 Å². The number of halogens is 3. The summed E-state index contributed by atoms with van der Waals surface area (Å²) in [5.41, 5.74) is 3.91. The first-order chi connectivity index (χ1) is 12.1. The van der Waals surface area contributed by atoms with Crippen LogP contribution in [0.3, 0.4) is 0 Å². The lowest BCUT2D eigenvalue weighted by Gasteiger charge is -2.40. The molecule has 26 heavy (non-hydrogen) atoms. The Labute approximate surface area is 151 Å². The summed E-state index contributed by atoms with van der Waals surface area (Å²) in [6.45, 7) is 7.75. The number of nitrogens with zero attached hydrogens (tertiary/aromatic N) is 3. The van der Waals surface area contributed by atoms with Crippen LogP contribution in [0.2, 0.25) is 0 Å². The van der Waals surface area contributed by atoms with Crippen LogP contribution in [0.5, 0.6) is 0 Å². The molecule has 6 nitrogen and oxygen atoms in total. The van der Waals surface area contributed by atoms with Gasteiger partial charge in [-0.25, -0.2) is 15.0 Å².